The fourth-order valence-electron chi connectivity index (χ4n) is 2.06. The Morgan fingerprint density at radius 3 is 2.53 bits per heavy atom. The molecule has 1 aromatic rings. The van der Waals surface area contributed by atoms with Crippen molar-refractivity contribution in [3.05, 3.63) is 35.4 Å². The van der Waals surface area contributed by atoms with Gasteiger partial charge >= 0.3 is 6.18 Å². The van der Waals surface area contributed by atoms with E-state index in [4.69, 9.17) is 5.11 Å². The second-order valence-electron chi connectivity index (χ2n) is 4.31. The first-order chi connectivity index (χ1) is 7.97. The van der Waals surface area contributed by atoms with Crippen LogP contribution in [-0.2, 0) is 13.0 Å². The molecule has 0 spiro atoms. The number of hydrogen-bond acceptors (Lipinski definition) is 2. The first-order valence-electron chi connectivity index (χ1n) is 5.51. The Labute approximate surface area is 97.7 Å². The van der Waals surface area contributed by atoms with E-state index < -0.39 is 12.3 Å². The molecule has 0 saturated carbocycles. The predicted octanol–water partition coefficient (Wildman–Crippen LogP) is 1.97. The highest BCUT2D eigenvalue weighted by atomic mass is 19.4. The zero-order chi connectivity index (χ0) is 12.5. The van der Waals surface area contributed by atoms with Crippen LogP contribution in [0.3, 0.4) is 0 Å². The quantitative estimate of drug-likeness (QED) is 0.861. The molecule has 1 atom stereocenters. The molecule has 0 fully saturated rings. The minimum absolute atomic E-state index is 0.349. The smallest absolute Gasteiger partial charge is 0.382 e. The molecule has 1 aromatic carbocycles. The van der Waals surface area contributed by atoms with Crippen molar-refractivity contribution < 1.29 is 18.3 Å². The number of fused-ring (bicyclic) bond motifs is 1. The van der Waals surface area contributed by atoms with Gasteiger partial charge in [0.15, 0.2) is 6.10 Å². The van der Waals surface area contributed by atoms with Crippen molar-refractivity contribution in [2.24, 2.45) is 0 Å². The third kappa shape index (κ3) is 2.98. The van der Waals surface area contributed by atoms with Gasteiger partial charge in [-0.3, -0.25) is 4.90 Å². The molecule has 5 heteroatoms. The maximum atomic E-state index is 12.2. The zero-order valence-electron chi connectivity index (χ0n) is 9.24. The van der Waals surface area contributed by atoms with Crippen LogP contribution in [0.15, 0.2) is 24.3 Å². The maximum absolute atomic E-state index is 12.2. The molecule has 17 heavy (non-hydrogen) atoms. The number of nitrogens with zero attached hydrogens (tertiary/aromatic N) is 1. The first-order valence-corrected chi connectivity index (χ1v) is 5.51. The lowest BCUT2D eigenvalue weighted by molar-refractivity contribution is -0.208. The molecule has 94 valence electrons. The normalized spacial score (nSPS) is 18.8. The van der Waals surface area contributed by atoms with E-state index in [0.717, 1.165) is 12.0 Å². The lowest BCUT2D eigenvalue weighted by Gasteiger charge is -2.30. The van der Waals surface area contributed by atoms with Crippen molar-refractivity contribution in [1.29, 1.82) is 0 Å². The topological polar surface area (TPSA) is 23.5 Å². The second kappa shape index (κ2) is 4.66. The Morgan fingerprint density at radius 1 is 1.24 bits per heavy atom. The number of aliphatic hydroxyl groups is 1. The van der Waals surface area contributed by atoms with Gasteiger partial charge in [-0.15, -0.1) is 0 Å². The van der Waals surface area contributed by atoms with E-state index in [1.807, 2.05) is 24.3 Å². The number of benzene rings is 1. The van der Waals surface area contributed by atoms with Gasteiger partial charge in [0, 0.05) is 19.6 Å². The predicted molar refractivity (Wildman–Crippen MR) is 57.5 cm³/mol. The maximum Gasteiger partial charge on any atom is 0.415 e. The lowest BCUT2D eigenvalue weighted by atomic mass is 10.00. The SMILES string of the molecule is O[C@@H](CN1CCc2ccccc2C1)C(F)(F)F. The Balaban J connectivity index is 1.99. The number of alkyl halides is 3. The minimum atomic E-state index is -4.53. The molecule has 1 aliphatic rings. The van der Waals surface area contributed by atoms with Crippen molar-refractivity contribution in [1.82, 2.24) is 4.90 Å². The molecule has 0 bridgehead atoms. The molecule has 2 rings (SSSR count). The third-order valence-corrected chi connectivity index (χ3v) is 3.02. The van der Waals surface area contributed by atoms with Gasteiger partial charge in [0.05, 0.1) is 0 Å². The fourth-order valence-corrected chi connectivity index (χ4v) is 2.06. The van der Waals surface area contributed by atoms with Crippen molar-refractivity contribution in [3.8, 4) is 0 Å². The molecule has 0 radical (unpaired) electrons. The summed E-state index contributed by atoms with van der Waals surface area (Å²) in [4.78, 5) is 1.64. The van der Waals surface area contributed by atoms with Gasteiger partial charge in [-0.1, -0.05) is 24.3 Å². The second-order valence-corrected chi connectivity index (χ2v) is 4.31. The van der Waals surface area contributed by atoms with Crippen LogP contribution < -0.4 is 0 Å². The van der Waals surface area contributed by atoms with Crippen molar-refractivity contribution in [2.75, 3.05) is 13.1 Å². The molecular weight excluding hydrogens is 231 g/mol. The van der Waals surface area contributed by atoms with Crippen molar-refractivity contribution >= 4 is 0 Å². The molecular formula is C12H14F3NO. The van der Waals surface area contributed by atoms with Gasteiger partial charge < -0.3 is 5.11 Å². The van der Waals surface area contributed by atoms with Crippen LogP contribution in [0.5, 0.6) is 0 Å². The van der Waals surface area contributed by atoms with Gasteiger partial charge in [-0.25, -0.2) is 0 Å². The summed E-state index contributed by atoms with van der Waals surface area (Å²) in [6.45, 7) is 0.686. The monoisotopic (exact) mass is 245 g/mol. The highest BCUT2D eigenvalue weighted by molar-refractivity contribution is 5.29. The third-order valence-electron chi connectivity index (χ3n) is 3.02. The summed E-state index contributed by atoms with van der Waals surface area (Å²) in [6, 6.07) is 7.72. The summed E-state index contributed by atoms with van der Waals surface area (Å²) < 4.78 is 36.7. The Hall–Kier alpha value is -1.07. The van der Waals surface area contributed by atoms with Gasteiger partial charge in [0.2, 0.25) is 0 Å². The Bertz CT molecular complexity index is 392. The van der Waals surface area contributed by atoms with Crippen LogP contribution in [0.25, 0.3) is 0 Å². The number of β-amino-alcohol motifs (C(OH)–C–C–N with tert-alkyl or cyclic N) is 1. The highest BCUT2D eigenvalue weighted by Crippen LogP contribution is 2.23. The van der Waals surface area contributed by atoms with E-state index in [1.165, 1.54) is 5.56 Å². The van der Waals surface area contributed by atoms with Gasteiger partial charge in [-0.2, -0.15) is 13.2 Å². The molecule has 1 heterocycles. The zero-order valence-corrected chi connectivity index (χ0v) is 9.24. The van der Waals surface area contributed by atoms with E-state index in [2.05, 4.69) is 0 Å². The van der Waals surface area contributed by atoms with E-state index in [-0.39, 0.29) is 6.54 Å². The summed E-state index contributed by atoms with van der Waals surface area (Å²) >= 11 is 0. The molecule has 0 aromatic heterocycles. The van der Waals surface area contributed by atoms with Crippen LogP contribution in [-0.4, -0.2) is 35.4 Å². The minimum Gasteiger partial charge on any atom is -0.382 e. The van der Waals surface area contributed by atoms with E-state index in [0.29, 0.717) is 13.1 Å². The summed E-state index contributed by atoms with van der Waals surface area (Å²) in [5, 5.41) is 9.02. The van der Waals surface area contributed by atoms with Gasteiger partial charge in [-0.05, 0) is 17.5 Å². The molecule has 2 nitrogen and oxygen atoms in total. The summed E-state index contributed by atoms with van der Waals surface area (Å²) in [6.07, 6.45) is -6.05. The van der Waals surface area contributed by atoms with Crippen molar-refractivity contribution in [2.45, 2.75) is 25.2 Å². The number of rotatable bonds is 2. The molecule has 0 unspecified atom stereocenters. The fraction of sp³-hybridized carbons (Fsp3) is 0.500. The standard InChI is InChI=1S/C12H14F3NO/c13-12(14,15)11(17)8-16-6-5-9-3-1-2-4-10(9)7-16/h1-4,11,17H,5-8H2/t11-/m0/s1. The summed E-state index contributed by atoms with van der Waals surface area (Å²) in [7, 11) is 0. The van der Waals surface area contributed by atoms with Crippen molar-refractivity contribution in [3.63, 3.8) is 0 Å². The molecule has 1 aliphatic heterocycles. The van der Waals surface area contributed by atoms with Crippen LogP contribution in [0.4, 0.5) is 13.2 Å². The van der Waals surface area contributed by atoms with Crippen LogP contribution in [0.1, 0.15) is 11.1 Å². The largest absolute Gasteiger partial charge is 0.415 e. The van der Waals surface area contributed by atoms with E-state index >= 15 is 0 Å². The molecule has 1 N–H and O–H groups in total. The average molecular weight is 245 g/mol. The Morgan fingerprint density at radius 2 is 1.88 bits per heavy atom. The molecule has 0 aliphatic carbocycles. The van der Waals surface area contributed by atoms with Gasteiger partial charge in [0.1, 0.15) is 0 Å². The van der Waals surface area contributed by atoms with E-state index in [9.17, 15) is 13.2 Å². The summed E-state index contributed by atoms with van der Waals surface area (Å²) in [5.41, 5.74) is 2.23. The summed E-state index contributed by atoms with van der Waals surface area (Å²) in [5.74, 6) is 0. The lowest BCUT2D eigenvalue weighted by Crippen LogP contribution is -2.42. The first kappa shape index (κ1) is 12.4. The van der Waals surface area contributed by atoms with E-state index in [1.54, 1.807) is 4.90 Å². The number of hydrogen-bond donors (Lipinski definition) is 1. The van der Waals surface area contributed by atoms with Crippen LogP contribution >= 0.6 is 0 Å². The molecule has 0 amide bonds. The number of halogens is 3. The van der Waals surface area contributed by atoms with Crippen LogP contribution in [0, 0.1) is 0 Å². The average Bonchev–Trinajstić information content (AvgIpc) is 2.27. The molecule has 0 saturated heterocycles. The number of aliphatic hydroxyl groups excluding tert-OH is 1. The van der Waals surface area contributed by atoms with Gasteiger partial charge in [0.25, 0.3) is 0 Å². The Kier molecular flexibility index (Phi) is 3.40. The highest BCUT2D eigenvalue weighted by Gasteiger charge is 2.39. The van der Waals surface area contributed by atoms with Crippen LogP contribution in [0.2, 0.25) is 0 Å².